The highest BCUT2D eigenvalue weighted by Crippen LogP contribution is 2.15. The number of hydrogen-bond donors (Lipinski definition) is 2. The van der Waals surface area contributed by atoms with Crippen molar-refractivity contribution >= 4 is 11.5 Å². The maximum atomic E-state index is 10.6. The molecular formula is C11H14N4O2. The van der Waals surface area contributed by atoms with Crippen LogP contribution in [-0.4, -0.2) is 29.5 Å². The summed E-state index contributed by atoms with van der Waals surface area (Å²) in [6, 6.07) is 2.83. The molecule has 0 saturated heterocycles. The van der Waals surface area contributed by atoms with E-state index in [1.54, 1.807) is 0 Å². The molecule has 17 heavy (non-hydrogen) atoms. The van der Waals surface area contributed by atoms with E-state index in [0.29, 0.717) is 12.4 Å². The van der Waals surface area contributed by atoms with Crippen LogP contribution in [0.1, 0.15) is 6.42 Å². The summed E-state index contributed by atoms with van der Waals surface area (Å²) in [5.41, 5.74) is 1.36. The van der Waals surface area contributed by atoms with E-state index in [-0.39, 0.29) is 5.69 Å². The van der Waals surface area contributed by atoms with Crippen LogP contribution in [0.25, 0.3) is 0 Å². The van der Waals surface area contributed by atoms with Crippen LogP contribution >= 0.6 is 0 Å². The molecule has 6 nitrogen and oxygen atoms in total. The van der Waals surface area contributed by atoms with E-state index in [1.807, 2.05) is 0 Å². The van der Waals surface area contributed by atoms with Gasteiger partial charge in [0.05, 0.1) is 11.0 Å². The second-order valence-corrected chi connectivity index (χ2v) is 3.83. The maximum absolute atomic E-state index is 10.6. The van der Waals surface area contributed by atoms with Gasteiger partial charge in [-0.25, -0.2) is 4.98 Å². The highest BCUT2D eigenvalue weighted by molar-refractivity contribution is 5.45. The Labute approximate surface area is 98.9 Å². The minimum atomic E-state index is -0.420. The molecule has 1 aliphatic rings. The fourth-order valence-corrected chi connectivity index (χ4v) is 1.66. The molecule has 0 atom stereocenters. The first-order valence-electron chi connectivity index (χ1n) is 5.48. The van der Waals surface area contributed by atoms with E-state index in [2.05, 4.69) is 21.7 Å². The quantitative estimate of drug-likeness (QED) is 0.466. The summed E-state index contributed by atoms with van der Waals surface area (Å²) < 4.78 is 0. The maximum Gasteiger partial charge on any atom is 0.274 e. The third kappa shape index (κ3) is 3.25. The van der Waals surface area contributed by atoms with Crippen molar-refractivity contribution in [1.29, 1.82) is 0 Å². The lowest BCUT2D eigenvalue weighted by molar-refractivity contribution is -0.384. The largest absolute Gasteiger partial charge is 0.366 e. The van der Waals surface area contributed by atoms with Gasteiger partial charge in [-0.05, 0) is 13.0 Å². The van der Waals surface area contributed by atoms with Gasteiger partial charge >= 0.3 is 0 Å². The predicted molar refractivity (Wildman–Crippen MR) is 65.0 cm³/mol. The van der Waals surface area contributed by atoms with Crippen LogP contribution in [0.15, 0.2) is 30.0 Å². The van der Waals surface area contributed by atoms with Crippen LogP contribution in [0.4, 0.5) is 11.5 Å². The summed E-state index contributed by atoms with van der Waals surface area (Å²) >= 11 is 0. The number of rotatable bonds is 4. The van der Waals surface area contributed by atoms with E-state index in [0.717, 1.165) is 19.5 Å². The smallest absolute Gasteiger partial charge is 0.274 e. The minimum absolute atomic E-state index is 0.0572. The van der Waals surface area contributed by atoms with Crippen molar-refractivity contribution in [3.63, 3.8) is 0 Å². The lowest BCUT2D eigenvalue weighted by Crippen LogP contribution is -2.23. The van der Waals surface area contributed by atoms with Crippen molar-refractivity contribution in [2.75, 3.05) is 25.0 Å². The molecule has 90 valence electrons. The number of aromatic nitrogens is 1. The van der Waals surface area contributed by atoms with Crippen molar-refractivity contribution in [2.45, 2.75) is 6.42 Å². The first-order valence-corrected chi connectivity index (χ1v) is 5.48. The van der Waals surface area contributed by atoms with Crippen LogP contribution in [-0.2, 0) is 0 Å². The molecular weight excluding hydrogens is 220 g/mol. The topological polar surface area (TPSA) is 80.1 Å². The average Bonchev–Trinajstić information content (AvgIpc) is 2.38. The van der Waals surface area contributed by atoms with Gasteiger partial charge in [-0.15, -0.1) is 0 Å². The molecule has 0 unspecified atom stereocenters. The zero-order valence-electron chi connectivity index (χ0n) is 9.35. The molecule has 0 radical (unpaired) electrons. The van der Waals surface area contributed by atoms with E-state index in [4.69, 9.17) is 0 Å². The van der Waals surface area contributed by atoms with Crippen molar-refractivity contribution < 1.29 is 4.92 Å². The van der Waals surface area contributed by atoms with Gasteiger partial charge in [0.15, 0.2) is 0 Å². The summed E-state index contributed by atoms with van der Waals surface area (Å²) in [7, 11) is 0. The summed E-state index contributed by atoms with van der Waals surface area (Å²) in [5, 5.41) is 16.9. The van der Waals surface area contributed by atoms with Gasteiger partial charge in [0, 0.05) is 25.4 Å². The lowest BCUT2D eigenvalue weighted by atomic mass is 10.1. The zero-order chi connectivity index (χ0) is 12.1. The van der Waals surface area contributed by atoms with E-state index in [9.17, 15) is 10.1 Å². The molecule has 0 bridgehead atoms. The summed E-state index contributed by atoms with van der Waals surface area (Å²) in [6.45, 7) is 2.56. The summed E-state index contributed by atoms with van der Waals surface area (Å²) in [4.78, 5) is 14.2. The molecule has 1 aromatic rings. The molecule has 2 heterocycles. The molecule has 0 aliphatic carbocycles. The Balaban J connectivity index is 1.96. The lowest BCUT2D eigenvalue weighted by Gasteiger charge is -2.14. The van der Waals surface area contributed by atoms with Gasteiger partial charge in [0.1, 0.15) is 5.82 Å². The standard InChI is InChI=1S/C11H14N4O2/c16-15(17)10-3-6-13-11(7-10)14-8-9-1-4-12-5-2-9/h1,3,6-7,12H,2,4-5,8H2,(H,13,14). The normalized spacial score (nSPS) is 15.2. The Kier molecular flexibility index (Phi) is 3.66. The second kappa shape index (κ2) is 5.40. The van der Waals surface area contributed by atoms with E-state index in [1.165, 1.54) is 23.9 Å². The highest BCUT2D eigenvalue weighted by Gasteiger charge is 2.07. The van der Waals surface area contributed by atoms with E-state index < -0.39 is 4.92 Å². The zero-order valence-corrected chi connectivity index (χ0v) is 9.35. The molecule has 1 aliphatic heterocycles. The first kappa shape index (κ1) is 11.5. The molecule has 2 rings (SSSR count). The molecule has 0 fully saturated rings. The average molecular weight is 234 g/mol. The van der Waals surface area contributed by atoms with Crippen LogP contribution in [0.3, 0.4) is 0 Å². The molecule has 0 saturated carbocycles. The van der Waals surface area contributed by atoms with Crippen LogP contribution in [0.2, 0.25) is 0 Å². The number of pyridine rings is 1. The number of anilines is 1. The van der Waals surface area contributed by atoms with Crippen LogP contribution < -0.4 is 10.6 Å². The molecule has 1 aromatic heterocycles. The third-order valence-corrected chi connectivity index (χ3v) is 2.61. The van der Waals surface area contributed by atoms with Crippen LogP contribution in [0, 0.1) is 10.1 Å². The third-order valence-electron chi connectivity index (χ3n) is 2.61. The van der Waals surface area contributed by atoms with Gasteiger partial charge in [0.25, 0.3) is 5.69 Å². The molecule has 0 spiro atoms. The van der Waals surface area contributed by atoms with Gasteiger partial charge < -0.3 is 10.6 Å². The fourth-order valence-electron chi connectivity index (χ4n) is 1.66. The monoisotopic (exact) mass is 234 g/mol. The van der Waals surface area contributed by atoms with Gasteiger partial charge in [-0.1, -0.05) is 11.6 Å². The van der Waals surface area contributed by atoms with Crippen molar-refractivity contribution in [2.24, 2.45) is 0 Å². The first-order chi connectivity index (χ1) is 8.25. The summed E-state index contributed by atoms with van der Waals surface area (Å²) in [6.07, 6.45) is 4.58. The second-order valence-electron chi connectivity index (χ2n) is 3.83. The van der Waals surface area contributed by atoms with Crippen molar-refractivity contribution in [3.05, 3.63) is 40.1 Å². The molecule has 0 aromatic carbocycles. The van der Waals surface area contributed by atoms with Gasteiger partial charge in [-0.2, -0.15) is 0 Å². The Morgan fingerprint density at radius 3 is 3.18 bits per heavy atom. The van der Waals surface area contributed by atoms with Crippen molar-refractivity contribution in [1.82, 2.24) is 10.3 Å². The molecule has 2 N–H and O–H groups in total. The number of nitrogens with zero attached hydrogens (tertiary/aromatic N) is 2. The predicted octanol–water partition coefficient (Wildman–Crippen LogP) is 1.32. The fraction of sp³-hybridized carbons (Fsp3) is 0.364. The van der Waals surface area contributed by atoms with Gasteiger partial charge in [0.2, 0.25) is 0 Å². The minimum Gasteiger partial charge on any atom is -0.366 e. The highest BCUT2D eigenvalue weighted by atomic mass is 16.6. The SMILES string of the molecule is O=[N+]([O-])c1ccnc(NCC2=CCNCC2)c1. The van der Waals surface area contributed by atoms with Crippen molar-refractivity contribution in [3.8, 4) is 0 Å². The Hall–Kier alpha value is -1.95. The number of hydrogen-bond acceptors (Lipinski definition) is 5. The van der Waals surface area contributed by atoms with Gasteiger partial charge in [-0.3, -0.25) is 10.1 Å². The summed E-state index contributed by atoms with van der Waals surface area (Å²) in [5.74, 6) is 0.540. The number of nitro groups is 1. The Morgan fingerprint density at radius 1 is 1.59 bits per heavy atom. The Bertz CT molecular complexity index is 445. The molecule has 0 amide bonds. The van der Waals surface area contributed by atoms with Crippen LogP contribution in [0.5, 0.6) is 0 Å². The number of nitrogens with one attached hydrogen (secondary N) is 2. The van der Waals surface area contributed by atoms with E-state index >= 15 is 0 Å². The Morgan fingerprint density at radius 2 is 2.47 bits per heavy atom. The molecule has 6 heteroatoms.